The molecular formula is C13H5BrFNO4. The average Bonchev–Trinajstić information content (AvgIpc) is 2.40. The molecule has 0 aliphatic carbocycles. The first-order chi connectivity index (χ1) is 9.47. The van der Waals surface area contributed by atoms with Gasteiger partial charge in [-0.25, -0.2) is 4.39 Å². The molecule has 3 rings (SSSR count). The summed E-state index contributed by atoms with van der Waals surface area (Å²) in [6.07, 6.45) is 0. The first-order valence-electron chi connectivity index (χ1n) is 5.47. The molecule has 0 spiro atoms. The van der Waals surface area contributed by atoms with Gasteiger partial charge in [0.25, 0.3) is 5.69 Å². The number of rotatable bonds is 1. The summed E-state index contributed by atoms with van der Waals surface area (Å²) in [6, 6.07) is 5.95. The molecule has 0 saturated heterocycles. The monoisotopic (exact) mass is 337 g/mol. The topological polar surface area (TPSA) is 73.3 Å². The van der Waals surface area contributed by atoms with Crippen LogP contribution in [0.2, 0.25) is 0 Å². The number of fused-ring (bicyclic) bond motifs is 2. The highest BCUT2D eigenvalue weighted by molar-refractivity contribution is 9.10. The SMILES string of the molecule is O=c1c2cc([N+](=O)[O-])ccc2oc2c(Br)cc(F)cc12. The molecule has 0 radical (unpaired) electrons. The lowest BCUT2D eigenvalue weighted by Crippen LogP contribution is -2.03. The van der Waals surface area contributed by atoms with Gasteiger partial charge in [-0.05, 0) is 34.1 Å². The normalized spacial score (nSPS) is 11.1. The fourth-order valence-corrected chi connectivity index (χ4v) is 2.50. The summed E-state index contributed by atoms with van der Waals surface area (Å²) in [5, 5.41) is 10.8. The number of hydrogen-bond acceptors (Lipinski definition) is 4. The zero-order valence-electron chi connectivity index (χ0n) is 9.72. The van der Waals surface area contributed by atoms with E-state index in [0.29, 0.717) is 4.47 Å². The van der Waals surface area contributed by atoms with E-state index < -0.39 is 16.2 Å². The molecule has 0 bridgehead atoms. The Bertz CT molecular complexity index is 935. The van der Waals surface area contributed by atoms with Gasteiger partial charge in [-0.2, -0.15) is 0 Å². The molecular weight excluding hydrogens is 333 g/mol. The molecule has 1 aromatic heterocycles. The highest BCUT2D eigenvalue weighted by Crippen LogP contribution is 2.28. The van der Waals surface area contributed by atoms with E-state index in [0.717, 1.165) is 12.1 Å². The Morgan fingerprint density at radius 3 is 2.65 bits per heavy atom. The zero-order valence-corrected chi connectivity index (χ0v) is 11.3. The van der Waals surface area contributed by atoms with Gasteiger partial charge >= 0.3 is 0 Å². The number of benzene rings is 2. The van der Waals surface area contributed by atoms with Crippen molar-refractivity contribution >= 4 is 43.6 Å². The molecule has 100 valence electrons. The van der Waals surface area contributed by atoms with Crippen molar-refractivity contribution in [1.29, 1.82) is 0 Å². The zero-order chi connectivity index (χ0) is 14.4. The van der Waals surface area contributed by atoms with Gasteiger partial charge in [0.05, 0.1) is 20.2 Å². The highest BCUT2D eigenvalue weighted by Gasteiger charge is 2.15. The van der Waals surface area contributed by atoms with Crippen LogP contribution in [0, 0.1) is 15.9 Å². The lowest BCUT2D eigenvalue weighted by atomic mass is 10.1. The number of nitro benzene ring substituents is 1. The van der Waals surface area contributed by atoms with Crippen molar-refractivity contribution in [2.75, 3.05) is 0 Å². The van der Waals surface area contributed by atoms with E-state index in [1.165, 1.54) is 18.2 Å². The molecule has 0 aliphatic rings. The molecule has 0 saturated carbocycles. The van der Waals surface area contributed by atoms with E-state index in [-0.39, 0.29) is 27.6 Å². The fourth-order valence-electron chi connectivity index (χ4n) is 1.99. The molecule has 1 heterocycles. The highest BCUT2D eigenvalue weighted by atomic mass is 79.9. The maximum atomic E-state index is 13.4. The first-order valence-corrected chi connectivity index (χ1v) is 6.26. The summed E-state index contributed by atoms with van der Waals surface area (Å²) in [7, 11) is 0. The van der Waals surface area contributed by atoms with Crippen molar-refractivity contribution in [3.05, 3.63) is 61.0 Å². The van der Waals surface area contributed by atoms with Crippen molar-refractivity contribution in [2.24, 2.45) is 0 Å². The molecule has 0 amide bonds. The van der Waals surface area contributed by atoms with Crippen LogP contribution in [0.25, 0.3) is 21.9 Å². The van der Waals surface area contributed by atoms with E-state index in [1.807, 2.05) is 0 Å². The Labute approximate surface area is 118 Å². The average molecular weight is 338 g/mol. The third kappa shape index (κ3) is 1.87. The van der Waals surface area contributed by atoms with Crippen LogP contribution in [0.4, 0.5) is 10.1 Å². The minimum atomic E-state index is -0.607. The van der Waals surface area contributed by atoms with Crippen LogP contribution in [0.5, 0.6) is 0 Å². The molecule has 0 unspecified atom stereocenters. The lowest BCUT2D eigenvalue weighted by Gasteiger charge is -2.03. The van der Waals surface area contributed by atoms with Gasteiger partial charge in [0, 0.05) is 12.1 Å². The predicted molar refractivity (Wildman–Crippen MR) is 74.3 cm³/mol. The van der Waals surface area contributed by atoms with Crippen LogP contribution < -0.4 is 5.43 Å². The van der Waals surface area contributed by atoms with Crippen LogP contribution in [-0.4, -0.2) is 4.92 Å². The van der Waals surface area contributed by atoms with Crippen LogP contribution in [-0.2, 0) is 0 Å². The lowest BCUT2D eigenvalue weighted by molar-refractivity contribution is -0.384. The minimum absolute atomic E-state index is 0.0323. The van der Waals surface area contributed by atoms with E-state index in [1.54, 1.807) is 0 Å². The number of nitro groups is 1. The third-order valence-corrected chi connectivity index (χ3v) is 3.47. The van der Waals surface area contributed by atoms with Crippen molar-refractivity contribution in [2.45, 2.75) is 0 Å². The summed E-state index contributed by atoms with van der Waals surface area (Å²) >= 11 is 3.12. The number of hydrogen-bond donors (Lipinski definition) is 0. The van der Waals surface area contributed by atoms with E-state index in [2.05, 4.69) is 15.9 Å². The summed E-state index contributed by atoms with van der Waals surface area (Å²) in [5.74, 6) is -0.596. The first kappa shape index (κ1) is 12.7. The van der Waals surface area contributed by atoms with Gasteiger partial charge < -0.3 is 4.42 Å². The van der Waals surface area contributed by atoms with Gasteiger partial charge in [0.2, 0.25) is 5.43 Å². The predicted octanol–water partition coefficient (Wildman–Crippen LogP) is 3.76. The van der Waals surface area contributed by atoms with Crippen molar-refractivity contribution in [3.8, 4) is 0 Å². The standard InChI is InChI=1S/C13H5BrFNO4/c14-10-4-6(15)3-9-12(17)8-5-7(16(18)19)1-2-11(8)20-13(9)10/h1-5H. The molecule has 3 aromatic rings. The van der Waals surface area contributed by atoms with Gasteiger partial charge in [-0.1, -0.05) is 0 Å². The molecule has 5 nitrogen and oxygen atoms in total. The van der Waals surface area contributed by atoms with Gasteiger partial charge in [-0.15, -0.1) is 0 Å². The second kappa shape index (κ2) is 4.38. The van der Waals surface area contributed by atoms with Crippen molar-refractivity contribution < 1.29 is 13.7 Å². The van der Waals surface area contributed by atoms with Crippen LogP contribution in [0.15, 0.2) is 44.0 Å². The summed E-state index contributed by atoms with van der Waals surface area (Å²) in [4.78, 5) is 22.4. The maximum absolute atomic E-state index is 13.4. The largest absolute Gasteiger partial charge is 0.455 e. The van der Waals surface area contributed by atoms with Gasteiger partial charge in [0.15, 0.2) is 5.58 Å². The minimum Gasteiger partial charge on any atom is -0.455 e. The molecule has 0 N–H and O–H groups in total. The summed E-state index contributed by atoms with van der Waals surface area (Å²) in [5.41, 5.74) is -0.317. The molecule has 20 heavy (non-hydrogen) atoms. The quantitative estimate of drug-likeness (QED) is 0.385. The molecule has 0 atom stereocenters. The molecule has 0 fully saturated rings. The number of halogens is 2. The Morgan fingerprint density at radius 1 is 1.20 bits per heavy atom. The van der Waals surface area contributed by atoms with E-state index in [4.69, 9.17) is 4.42 Å². The van der Waals surface area contributed by atoms with Crippen molar-refractivity contribution in [1.82, 2.24) is 0 Å². The second-order valence-corrected chi connectivity index (χ2v) is 4.99. The van der Waals surface area contributed by atoms with Crippen LogP contribution in [0.1, 0.15) is 0 Å². The van der Waals surface area contributed by atoms with Crippen LogP contribution in [0.3, 0.4) is 0 Å². The van der Waals surface area contributed by atoms with Crippen LogP contribution >= 0.6 is 15.9 Å². The third-order valence-electron chi connectivity index (χ3n) is 2.88. The van der Waals surface area contributed by atoms with Gasteiger partial charge in [-0.3, -0.25) is 14.9 Å². The Morgan fingerprint density at radius 2 is 1.95 bits per heavy atom. The molecule has 7 heteroatoms. The van der Waals surface area contributed by atoms with Gasteiger partial charge in [0.1, 0.15) is 11.4 Å². The smallest absolute Gasteiger partial charge is 0.270 e. The maximum Gasteiger partial charge on any atom is 0.270 e. The van der Waals surface area contributed by atoms with E-state index >= 15 is 0 Å². The Kier molecular flexibility index (Phi) is 2.79. The molecule has 2 aromatic carbocycles. The fraction of sp³-hybridized carbons (Fsp3) is 0. The van der Waals surface area contributed by atoms with Crippen molar-refractivity contribution in [3.63, 3.8) is 0 Å². The number of nitrogens with zero attached hydrogens (tertiary/aromatic N) is 1. The summed E-state index contributed by atoms with van der Waals surface area (Å²) in [6.45, 7) is 0. The second-order valence-electron chi connectivity index (χ2n) is 4.13. The molecule has 0 aliphatic heterocycles. The van der Waals surface area contributed by atoms with E-state index in [9.17, 15) is 19.3 Å². The Hall–Kier alpha value is -2.28. The summed E-state index contributed by atoms with van der Waals surface area (Å²) < 4.78 is 19.2. The Balaban J connectivity index is 2.51. The number of non-ortho nitro benzene ring substituents is 1.